The third-order valence-corrected chi connectivity index (χ3v) is 8.44. The second kappa shape index (κ2) is 8.99. The quantitative estimate of drug-likeness (QED) is 0.638. The number of nitrogens with zero attached hydrogens (tertiary/aromatic N) is 2. The number of carboxylic acid groups (broad SMARTS) is 1. The number of hydrogen-bond acceptors (Lipinski definition) is 5. The van der Waals surface area contributed by atoms with Gasteiger partial charge in [0.05, 0.1) is 6.42 Å². The monoisotopic (exact) mass is 522 g/mol. The van der Waals surface area contributed by atoms with Crippen molar-refractivity contribution in [1.82, 2.24) is 9.80 Å². The largest absolute Gasteiger partial charge is 0.481 e. The van der Waals surface area contributed by atoms with E-state index in [1.807, 2.05) is 26.0 Å². The first-order chi connectivity index (χ1) is 18.1. The molecule has 38 heavy (non-hydrogen) atoms. The fraction of sp³-hybridized carbons (Fsp3) is 0.483. The van der Waals surface area contributed by atoms with Gasteiger partial charge >= 0.3 is 12.0 Å². The van der Waals surface area contributed by atoms with Crippen molar-refractivity contribution in [2.24, 2.45) is 5.92 Å². The van der Waals surface area contributed by atoms with Crippen molar-refractivity contribution < 1.29 is 33.4 Å². The Balaban J connectivity index is 1.30. The molecule has 0 saturated carbocycles. The van der Waals surface area contributed by atoms with Crippen molar-refractivity contribution in [2.45, 2.75) is 57.4 Å². The van der Waals surface area contributed by atoms with E-state index >= 15 is 4.39 Å². The van der Waals surface area contributed by atoms with Gasteiger partial charge in [0.25, 0.3) is 0 Å². The molecule has 2 aromatic rings. The number of halogens is 1. The maximum absolute atomic E-state index is 15.2. The lowest BCUT2D eigenvalue weighted by Gasteiger charge is -2.45. The molecule has 0 spiro atoms. The summed E-state index contributed by atoms with van der Waals surface area (Å²) in [6.07, 6.45) is 2.15. The van der Waals surface area contributed by atoms with Gasteiger partial charge in [0, 0.05) is 37.5 Å². The second-order valence-corrected chi connectivity index (χ2v) is 11.5. The summed E-state index contributed by atoms with van der Waals surface area (Å²) < 4.78 is 26.4. The number of carbonyl (C=O) groups is 3. The van der Waals surface area contributed by atoms with Crippen molar-refractivity contribution in [3.8, 4) is 11.5 Å². The highest BCUT2D eigenvalue weighted by molar-refractivity contribution is 5.92. The summed E-state index contributed by atoms with van der Waals surface area (Å²) in [5, 5.41) is 9.06. The van der Waals surface area contributed by atoms with E-state index in [1.54, 1.807) is 15.9 Å². The van der Waals surface area contributed by atoms with Crippen LogP contribution in [-0.2, 0) is 34.3 Å². The zero-order valence-corrected chi connectivity index (χ0v) is 21.6. The summed E-state index contributed by atoms with van der Waals surface area (Å²) >= 11 is 0. The number of hydrogen-bond donors (Lipinski definition) is 1. The van der Waals surface area contributed by atoms with Crippen LogP contribution < -0.4 is 9.47 Å². The number of ether oxygens (including phenoxy) is 2. The Labute approximate surface area is 220 Å². The first-order valence-corrected chi connectivity index (χ1v) is 13.2. The first-order valence-electron chi connectivity index (χ1n) is 13.2. The number of aliphatic carboxylic acids is 1. The number of aryl methyl sites for hydroxylation is 1. The number of carbonyl (C=O) groups excluding carboxylic acids is 2. The van der Waals surface area contributed by atoms with Crippen LogP contribution in [0.5, 0.6) is 11.5 Å². The fourth-order valence-electron chi connectivity index (χ4n) is 6.58. The number of amides is 2. The van der Waals surface area contributed by atoms with E-state index in [0.29, 0.717) is 48.7 Å². The lowest BCUT2D eigenvalue weighted by Crippen LogP contribution is -2.57. The molecular formula is C29H31FN2O6. The van der Waals surface area contributed by atoms with Gasteiger partial charge in [-0.05, 0) is 59.1 Å². The molecule has 1 aliphatic carbocycles. The molecule has 0 unspecified atom stereocenters. The van der Waals surface area contributed by atoms with Gasteiger partial charge in [-0.2, -0.15) is 0 Å². The predicted octanol–water partition coefficient (Wildman–Crippen LogP) is 4.02. The molecule has 1 fully saturated rings. The van der Waals surface area contributed by atoms with Gasteiger partial charge in [0.1, 0.15) is 11.9 Å². The van der Waals surface area contributed by atoms with Crippen molar-refractivity contribution in [3.63, 3.8) is 0 Å². The van der Waals surface area contributed by atoms with E-state index in [1.165, 1.54) is 6.07 Å². The van der Waals surface area contributed by atoms with Gasteiger partial charge < -0.3 is 24.4 Å². The number of carboxylic acids is 1. The molecule has 0 aromatic heterocycles. The van der Waals surface area contributed by atoms with E-state index < -0.39 is 12.0 Å². The molecule has 200 valence electrons. The van der Waals surface area contributed by atoms with Gasteiger partial charge in [-0.1, -0.05) is 26.0 Å². The molecular weight excluding hydrogens is 491 g/mol. The molecule has 4 aliphatic rings. The van der Waals surface area contributed by atoms with Crippen LogP contribution in [0.25, 0.3) is 0 Å². The summed E-state index contributed by atoms with van der Waals surface area (Å²) in [5.41, 5.74) is 3.61. The Kier molecular flexibility index (Phi) is 5.85. The summed E-state index contributed by atoms with van der Waals surface area (Å²) in [6, 6.07) is 5.85. The van der Waals surface area contributed by atoms with Crippen molar-refractivity contribution in [1.29, 1.82) is 0 Å². The number of ketones is 1. The van der Waals surface area contributed by atoms with Crippen molar-refractivity contribution in [3.05, 3.63) is 57.9 Å². The number of likely N-dealkylation sites (tertiary alicyclic amines) is 1. The molecule has 1 atom stereocenters. The standard InChI is InChI=1S/C29H31FN2O6/c1-29(2)7-5-18-9-16(10-21(30)25(18)29)11-22(33)26-19-3-4-23-27(38-15-37-23)20(19)6-8-32(26)28(36)31-13-17(14-31)12-24(34)35/h3-4,9-10,17,26H,5-8,11-15H2,1-2H3,(H,34,35)/t26-/m1/s1. The minimum atomic E-state index is -0.886. The summed E-state index contributed by atoms with van der Waals surface area (Å²) in [7, 11) is 0. The van der Waals surface area contributed by atoms with Gasteiger partial charge in [0.2, 0.25) is 6.79 Å². The molecule has 8 nitrogen and oxygen atoms in total. The highest BCUT2D eigenvalue weighted by Gasteiger charge is 2.43. The minimum Gasteiger partial charge on any atom is -0.481 e. The summed E-state index contributed by atoms with van der Waals surface area (Å²) in [4.78, 5) is 41.7. The molecule has 3 aliphatic heterocycles. The Morgan fingerprint density at radius 3 is 2.68 bits per heavy atom. The van der Waals surface area contributed by atoms with Crippen LogP contribution in [0.2, 0.25) is 0 Å². The van der Waals surface area contributed by atoms with Crippen LogP contribution in [0.1, 0.15) is 60.5 Å². The molecule has 2 aromatic carbocycles. The Morgan fingerprint density at radius 1 is 1.13 bits per heavy atom. The molecule has 3 heterocycles. The molecule has 2 amide bonds. The van der Waals surface area contributed by atoms with Crippen LogP contribution in [0, 0.1) is 11.7 Å². The average molecular weight is 523 g/mol. The van der Waals surface area contributed by atoms with Crippen LogP contribution in [-0.4, -0.2) is 59.1 Å². The molecule has 6 rings (SSSR count). The predicted molar refractivity (Wildman–Crippen MR) is 135 cm³/mol. The zero-order valence-electron chi connectivity index (χ0n) is 21.6. The van der Waals surface area contributed by atoms with Gasteiger partial charge in [-0.3, -0.25) is 9.59 Å². The van der Waals surface area contributed by atoms with Crippen LogP contribution in [0.3, 0.4) is 0 Å². The van der Waals surface area contributed by atoms with E-state index in [2.05, 4.69) is 0 Å². The molecule has 1 N–H and O–H groups in total. The molecule has 0 bridgehead atoms. The topological polar surface area (TPSA) is 96.4 Å². The molecule has 1 saturated heterocycles. The van der Waals surface area contributed by atoms with E-state index in [0.717, 1.165) is 29.5 Å². The SMILES string of the molecule is CC1(C)CCc2cc(CC(=O)[C@H]3c4ccc5c(c4CCN3C(=O)N3CC(CC(=O)O)C3)OCO5)cc(F)c21. The number of Topliss-reactive ketones (excluding diaryl/α,β-unsaturated/α-hetero) is 1. The Morgan fingerprint density at radius 2 is 1.92 bits per heavy atom. The van der Waals surface area contributed by atoms with Crippen LogP contribution in [0.15, 0.2) is 24.3 Å². The fourth-order valence-corrected chi connectivity index (χ4v) is 6.58. The van der Waals surface area contributed by atoms with Crippen molar-refractivity contribution in [2.75, 3.05) is 26.4 Å². The second-order valence-electron chi connectivity index (χ2n) is 11.5. The third kappa shape index (κ3) is 4.08. The zero-order chi connectivity index (χ0) is 26.8. The maximum atomic E-state index is 15.2. The first kappa shape index (κ1) is 24.7. The highest BCUT2D eigenvalue weighted by Crippen LogP contribution is 2.45. The van der Waals surface area contributed by atoms with Gasteiger partial charge in [-0.25, -0.2) is 9.18 Å². The molecule has 9 heteroatoms. The highest BCUT2D eigenvalue weighted by atomic mass is 19.1. The summed E-state index contributed by atoms with van der Waals surface area (Å²) in [6.45, 7) is 5.20. The van der Waals surface area contributed by atoms with E-state index in [9.17, 15) is 14.4 Å². The van der Waals surface area contributed by atoms with Crippen molar-refractivity contribution >= 4 is 17.8 Å². The van der Waals surface area contributed by atoms with Gasteiger partial charge in [-0.15, -0.1) is 0 Å². The Bertz CT molecular complexity index is 1350. The lowest BCUT2D eigenvalue weighted by molar-refractivity contribution is -0.139. The van der Waals surface area contributed by atoms with Gasteiger partial charge in [0.15, 0.2) is 17.3 Å². The number of benzene rings is 2. The number of urea groups is 1. The minimum absolute atomic E-state index is 0.00536. The number of rotatable bonds is 5. The lowest BCUT2D eigenvalue weighted by atomic mass is 9.84. The molecule has 0 radical (unpaired) electrons. The maximum Gasteiger partial charge on any atom is 0.320 e. The smallest absolute Gasteiger partial charge is 0.320 e. The Hall–Kier alpha value is -3.62. The average Bonchev–Trinajstić information content (AvgIpc) is 3.44. The summed E-state index contributed by atoms with van der Waals surface area (Å²) in [5.74, 6) is -0.213. The van der Waals surface area contributed by atoms with E-state index in [-0.39, 0.29) is 48.6 Å². The normalized spacial score (nSPS) is 21.1. The number of fused-ring (bicyclic) bond motifs is 4. The van der Waals surface area contributed by atoms with E-state index in [4.69, 9.17) is 14.6 Å². The third-order valence-electron chi connectivity index (χ3n) is 8.44. The van der Waals surface area contributed by atoms with Crippen LogP contribution >= 0.6 is 0 Å². The van der Waals surface area contributed by atoms with Crippen LogP contribution in [0.4, 0.5) is 9.18 Å².